The van der Waals surface area contributed by atoms with Crippen LogP contribution in [0.1, 0.15) is 56.2 Å². The molecular formula is C18H27ClFN5O. The Kier molecular flexibility index (Phi) is 6.47. The number of hydrogen-bond acceptors (Lipinski definition) is 4. The highest BCUT2D eigenvalue weighted by atomic mass is 35.5. The Balaban J connectivity index is 2.38. The molecule has 0 bridgehead atoms. The number of benzene rings is 1. The number of amidine groups is 1. The van der Waals surface area contributed by atoms with Gasteiger partial charge in [0.2, 0.25) is 5.91 Å². The smallest absolute Gasteiger partial charge is 0.228 e. The molecule has 5 N–H and O–H groups in total. The van der Waals surface area contributed by atoms with Crippen LogP contribution in [-0.2, 0) is 4.79 Å². The maximum Gasteiger partial charge on any atom is 0.228 e. The van der Waals surface area contributed by atoms with Gasteiger partial charge in [-0.15, -0.1) is 0 Å². The molecule has 0 aromatic heterocycles. The fraction of sp³-hybridized carbons (Fsp3) is 0.556. The summed E-state index contributed by atoms with van der Waals surface area (Å²) in [5, 5.41) is 8.03. The number of amides is 1. The van der Waals surface area contributed by atoms with Crippen LogP contribution in [-0.4, -0.2) is 23.8 Å². The van der Waals surface area contributed by atoms with Crippen LogP contribution in [0.3, 0.4) is 0 Å². The lowest BCUT2D eigenvalue weighted by atomic mass is 9.76. The van der Waals surface area contributed by atoms with Gasteiger partial charge in [0.1, 0.15) is 11.7 Å². The molecule has 0 radical (unpaired) electrons. The Morgan fingerprint density at radius 2 is 2.08 bits per heavy atom. The number of rotatable bonds is 5. The van der Waals surface area contributed by atoms with Gasteiger partial charge in [-0.3, -0.25) is 9.80 Å². The molecule has 144 valence electrons. The molecule has 1 saturated carbocycles. The third-order valence-corrected chi connectivity index (χ3v) is 5.73. The van der Waals surface area contributed by atoms with Gasteiger partial charge in [-0.2, -0.15) is 5.10 Å². The highest BCUT2D eigenvalue weighted by Gasteiger charge is 2.41. The number of nitrogens with two attached hydrogens (primary N) is 2. The standard InChI is InChI=1S/C18H27ClFN5O/c1-11-6-7-12(20)15(16(11)19)17(18(2)8-4-5-9-18)23-14(26)10-13(24-21)25(3)22/h6-7,17H,4-5,8-10,21-22H2,1-3H3,(H,23,26)/b24-13-. The van der Waals surface area contributed by atoms with E-state index in [-0.39, 0.29) is 23.6 Å². The monoisotopic (exact) mass is 383 g/mol. The van der Waals surface area contributed by atoms with Crippen LogP contribution in [0.4, 0.5) is 4.39 Å². The van der Waals surface area contributed by atoms with Crippen molar-refractivity contribution in [3.05, 3.63) is 34.1 Å². The summed E-state index contributed by atoms with van der Waals surface area (Å²) in [6.07, 6.45) is 3.75. The SMILES string of the molecule is Cc1ccc(F)c(C(NC(=O)C/C(=N/N)N(C)N)C2(C)CCCC2)c1Cl. The van der Waals surface area contributed by atoms with E-state index in [0.717, 1.165) is 31.2 Å². The number of hydrazine groups is 1. The first-order valence-electron chi connectivity index (χ1n) is 8.68. The lowest BCUT2D eigenvalue weighted by Gasteiger charge is -2.36. The van der Waals surface area contributed by atoms with E-state index in [0.29, 0.717) is 10.6 Å². The molecule has 1 amide bonds. The number of hydrazone groups is 1. The zero-order valence-corrected chi connectivity index (χ0v) is 16.2. The Hall–Kier alpha value is -1.86. The summed E-state index contributed by atoms with van der Waals surface area (Å²) in [7, 11) is 1.55. The van der Waals surface area contributed by atoms with E-state index >= 15 is 0 Å². The molecule has 2 rings (SSSR count). The fourth-order valence-electron chi connectivity index (χ4n) is 3.63. The Labute approximate surface area is 158 Å². The number of carbonyl (C=O) groups is 1. The summed E-state index contributed by atoms with van der Waals surface area (Å²) in [5.74, 6) is 10.4. The van der Waals surface area contributed by atoms with E-state index in [1.54, 1.807) is 13.1 Å². The van der Waals surface area contributed by atoms with Gasteiger partial charge < -0.3 is 11.2 Å². The molecule has 0 heterocycles. The van der Waals surface area contributed by atoms with Crippen molar-refractivity contribution in [1.29, 1.82) is 0 Å². The Morgan fingerprint density at radius 1 is 1.46 bits per heavy atom. The summed E-state index contributed by atoms with van der Waals surface area (Å²) in [6, 6.07) is 2.50. The van der Waals surface area contributed by atoms with E-state index in [9.17, 15) is 9.18 Å². The molecule has 8 heteroatoms. The molecule has 1 unspecified atom stereocenters. The number of carbonyl (C=O) groups excluding carboxylic acids is 1. The Bertz CT molecular complexity index is 701. The summed E-state index contributed by atoms with van der Waals surface area (Å²) in [4.78, 5) is 12.6. The normalized spacial score (nSPS) is 17.8. The molecule has 1 aliphatic carbocycles. The number of nitrogens with zero attached hydrogens (tertiary/aromatic N) is 2. The number of hydrogen-bond donors (Lipinski definition) is 3. The van der Waals surface area contributed by atoms with Gasteiger partial charge in [-0.05, 0) is 36.8 Å². The minimum atomic E-state index is -0.535. The maximum absolute atomic E-state index is 14.7. The van der Waals surface area contributed by atoms with Crippen LogP contribution in [0.25, 0.3) is 0 Å². The predicted octanol–water partition coefficient (Wildman–Crippen LogP) is 2.99. The second-order valence-corrected chi connectivity index (χ2v) is 7.66. The minimum absolute atomic E-state index is 0.0961. The van der Waals surface area contributed by atoms with Crippen molar-refractivity contribution in [3.63, 3.8) is 0 Å². The largest absolute Gasteiger partial charge is 0.348 e. The minimum Gasteiger partial charge on any atom is -0.348 e. The van der Waals surface area contributed by atoms with E-state index in [4.69, 9.17) is 23.3 Å². The first-order valence-corrected chi connectivity index (χ1v) is 9.06. The van der Waals surface area contributed by atoms with Crippen molar-refractivity contribution < 1.29 is 9.18 Å². The first-order chi connectivity index (χ1) is 12.2. The second kappa shape index (κ2) is 8.22. The van der Waals surface area contributed by atoms with E-state index in [1.807, 2.05) is 6.92 Å². The third kappa shape index (κ3) is 4.27. The van der Waals surface area contributed by atoms with Crippen LogP contribution in [0.2, 0.25) is 5.02 Å². The van der Waals surface area contributed by atoms with Gasteiger partial charge in [-0.1, -0.05) is 37.4 Å². The first kappa shape index (κ1) is 20.5. The van der Waals surface area contributed by atoms with Crippen molar-refractivity contribution in [2.45, 2.75) is 52.0 Å². The van der Waals surface area contributed by atoms with Crippen molar-refractivity contribution >= 4 is 23.3 Å². The van der Waals surface area contributed by atoms with Crippen molar-refractivity contribution in [3.8, 4) is 0 Å². The van der Waals surface area contributed by atoms with E-state index in [1.165, 1.54) is 11.1 Å². The molecule has 0 spiro atoms. The summed E-state index contributed by atoms with van der Waals surface area (Å²) >= 11 is 6.44. The number of halogens is 2. The predicted molar refractivity (Wildman–Crippen MR) is 102 cm³/mol. The van der Waals surface area contributed by atoms with Crippen LogP contribution < -0.4 is 17.0 Å². The molecule has 1 atom stereocenters. The number of aryl methyl sites for hydroxylation is 1. The van der Waals surface area contributed by atoms with Gasteiger partial charge in [0.25, 0.3) is 0 Å². The lowest BCUT2D eigenvalue weighted by molar-refractivity contribution is -0.121. The van der Waals surface area contributed by atoms with Gasteiger partial charge >= 0.3 is 0 Å². The third-order valence-electron chi connectivity index (χ3n) is 5.23. The van der Waals surface area contributed by atoms with E-state index < -0.39 is 11.9 Å². The summed E-state index contributed by atoms with van der Waals surface area (Å²) in [5.41, 5.74) is 0.842. The summed E-state index contributed by atoms with van der Waals surface area (Å²) < 4.78 is 14.7. The fourth-order valence-corrected chi connectivity index (χ4v) is 3.89. The van der Waals surface area contributed by atoms with Crippen molar-refractivity contribution in [1.82, 2.24) is 10.3 Å². The van der Waals surface area contributed by atoms with Crippen LogP contribution in [0, 0.1) is 18.2 Å². The second-order valence-electron chi connectivity index (χ2n) is 7.29. The van der Waals surface area contributed by atoms with Crippen LogP contribution >= 0.6 is 11.6 Å². The molecule has 1 aromatic rings. The van der Waals surface area contributed by atoms with Crippen molar-refractivity contribution in [2.24, 2.45) is 22.2 Å². The molecule has 1 aromatic carbocycles. The molecule has 0 aliphatic heterocycles. The quantitative estimate of drug-likeness (QED) is 0.315. The Morgan fingerprint density at radius 3 is 2.62 bits per heavy atom. The van der Waals surface area contributed by atoms with Crippen LogP contribution in [0.5, 0.6) is 0 Å². The van der Waals surface area contributed by atoms with Gasteiger partial charge in [0.05, 0.1) is 17.5 Å². The number of nitrogens with one attached hydrogen (secondary N) is 1. The zero-order chi connectivity index (χ0) is 19.5. The zero-order valence-electron chi connectivity index (χ0n) is 15.5. The average Bonchev–Trinajstić information content (AvgIpc) is 3.03. The highest BCUT2D eigenvalue weighted by molar-refractivity contribution is 6.32. The molecular weight excluding hydrogens is 357 g/mol. The topological polar surface area (TPSA) is 96.7 Å². The lowest BCUT2D eigenvalue weighted by Crippen LogP contribution is -2.42. The molecule has 1 aliphatic rings. The molecule has 0 saturated heterocycles. The molecule has 1 fully saturated rings. The van der Waals surface area contributed by atoms with Gasteiger partial charge in [0, 0.05) is 12.6 Å². The maximum atomic E-state index is 14.7. The van der Waals surface area contributed by atoms with Gasteiger partial charge in [-0.25, -0.2) is 10.2 Å². The highest BCUT2D eigenvalue weighted by Crippen LogP contribution is 2.49. The average molecular weight is 384 g/mol. The van der Waals surface area contributed by atoms with Gasteiger partial charge in [0.15, 0.2) is 0 Å². The summed E-state index contributed by atoms with van der Waals surface area (Å²) in [6.45, 7) is 3.89. The molecule has 26 heavy (non-hydrogen) atoms. The van der Waals surface area contributed by atoms with Crippen LogP contribution in [0.15, 0.2) is 17.2 Å². The molecule has 6 nitrogen and oxygen atoms in total. The van der Waals surface area contributed by atoms with Crippen molar-refractivity contribution in [2.75, 3.05) is 7.05 Å². The van der Waals surface area contributed by atoms with E-state index in [2.05, 4.69) is 17.3 Å².